The predicted molar refractivity (Wildman–Crippen MR) is 122 cm³/mol. The third kappa shape index (κ3) is 3.21. The molecular weight excluding hydrogens is 404 g/mol. The van der Waals surface area contributed by atoms with Crippen LogP contribution in [0.5, 0.6) is 0 Å². The summed E-state index contributed by atoms with van der Waals surface area (Å²) in [4.78, 5) is 0. The minimum atomic E-state index is -1.15. The molecule has 4 saturated carbocycles. The molecule has 0 aromatic carbocycles. The van der Waals surface area contributed by atoms with E-state index in [0.29, 0.717) is 30.1 Å². The van der Waals surface area contributed by atoms with Crippen molar-refractivity contribution in [3.8, 4) is 0 Å². The van der Waals surface area contributed by atoms with Gasteiger partial charge in [-0.3, -0.25) is 0 Å². The number of rotatable bonds is 4. The number of ether oxygens (including phenoxy) is 1. The molecule has 5 aliphatic rings. The van der Waals surface area contributed by atoms with Gasteiger partial charge in [-0.2, -0.15) is 0 Å². The number of hydrogen-bond donors (Lipinski definition) is 4. The van der Waals surface area contributed by atoms with Crippen molar-refractivity contribution in [2.75, 3.05) is 6.61 Å². The molecule has 0 amide bonds. The van der Waals surface area contributed by atoms with Crippen LogP contribution in [0.3, 0.4) is 0 Å². The van der Waals surface area contributed by atoms with Crippen molar-refractivity contribution in [3.05, 3.63) is 0 Å². The van der Waals surface area contributed by atoms with Gasteiger partial charge in [-0.05, 0) is 86.4 Å². The summed E-state index contributed by atoms with van der Waals surface area (Å²) in [7, 11) is 0. The Kier molecular flexibility index (Phi) is 5.82. The molecule has 1 aliphatic heterocycles. The van der Waals surface area contributed by atoms with Crippen molar-refractivity contribution in [2.45, 2.75) is 110 Å². The molecule has 1 unspecified atom stereocenters. The number of aliphatic hydroxyl groups is 4. The summed E-state index contributed by atoms with van der Waals surface area (Å²) >= 11 is 0. The van der Waals surface area contributed by atoms with Gasteiger partial charge in [0, 0.05) is 30.3 Å². The van der Waals surface area contributed by atoms with E-state index < -0.39 is 5.79 Å². The number of aliphatic hydroxyl groups excluding tert-OH is 3. The lowest BCUT2D eigenvalue weighted by molar-refractivity contribution is -0.226. The highest BCUT2D eigenvalue weighted by atomic mass is 16.6. The van der Waals surface area contributed by atoms with E-state index in [-0.39, 0.29) is 53.5 Å². The molecule has 0 radical (unpaired) electrons. The standard InChI is InChI=1S/C27H46O5/c1-15(14-28)7-10-27(31)16(2)24-22(32-27)12-21-19-6-5-17-11-18(29)8-9-25(17,3)20(19)13-23(30)26(21,24)4/h15-24,28-31H,5-14H2,1-4H3/t15-,16+,17+,18+,19-,20+,21+,22+,23-,24+,25+,26-,27?/m1/s1. The fourth-order valence-corrected chi connectivity index (χ4v) is 9.70. The molecular formula is C27H46O5. The Balaban J connectivity index is 1.39. The second-order valence-electron chi connectivity index (χ2n) is 13.1. The third-order valence-corrected chi connectivity index (χ3v) is 11.7. The van der Waals surface area contributed by atoms with Gasteiger partial charge in [0.15, 0.2) is 5.79 Å². The zero-order valence-corrected chi connectivity index (χ0v) is 20.5. The van der Waals surface area contributed by atoms with Crippen LogP contribution in [0.15, 0.2) is 0 Å². The highest BCUT2D eigenvalue weighted by Gasteiger charge is 2.70. The van der Waals surface area contributed by atoms with Crippen molar-refractivity contribution in [3.63, 3.8) is 0 Å². The highest BCUT2D eigenvalue weighted by molar-refractivity contribution is 5.17. The fourth-order valence-electron chi connectivity index (χ4n) is 9.70. The Labute approximate surface area is 193 Å². The molecule has 1 saturated heterocycles. The molecule has 184 valence electrons. The maximum absolute atomic E-state index is 11.7. The minimum absolute atomic E-state index is 0.0153. The Morgan fingerprint density at radius 2 is 1.78 bits per heavy atom. The summed E-state index contributed by atoms with van der Waals surface area (Å²) in [5, 5.41) is 42.8. The van der Waals surface area contributed by atoms with Crippen molar-refractivity contribution >= 4 is 0 Å². The fraction of sp³-hybridized carbons (Fsp3) is 1.00. The monoisotopic (exact) mass is 450 g/mol. The van der Waals surface area contributed by atoms with E-state index in [9.17, 15) is 20.4 Å². The predicted octanol–water partition coefficient (Wildman–Crippen LogP) is 3.72. The molecule has 0 bridgehead atoms. The molecule has 4 aliphatic carbocycles. The van der Waals surface area contributed by atoms with Crippen LogP contribution in [-0.4, -0.2) is 51.1 Å². The van der Waals surface area contributed by atoms with Crippen molar-refractivity contribution in [2.24, 2.45) is 52.3 Å². The van der Waals surface area contributed by atoms with Gasteiger partial charge >= 0.3 is 0 Å². The van der Waals surface area contributed by atoms with Crippen LogP contribution in [0.25, 0.3) is 0 Å². The molecule has 0 aromatic heterocycles. The smallest absolute Gasteiger partial charge is 0.168 e. The van der Waals surface area contributed by atoms with Gasteiger partial charge in [-0.25, -0.2) is 0 Å². The zero-order valence-electron chi connectivity index (χ0n) is 20.5. The average molecular weight is 451 g/mol. The van der Waals surface area contributed by atoms with Crippen molar-refractivity contribution in [1.29, 1.82) is 0 Å². The number of hydrogen-bond acceptors (Lipinski definition) is 5. The Morgan fingerprint density at radius 3 is 2.50 bits per heavy atom. The van der Waals surface area contributed by atoms with E-state index in [1.54, 1.807) is 0 Å². The number of fused-ring (bicyclic) bond motifs is 7. The van der Waals surface area contributed by atoms with Gasteiger partial charge in [-0.15, -0.1) is 0 Å². The van der Waals surface area contributed by atoms with E-state index in [1.807, 2.05) is 6.92 Å². The second-order valence-corrected chi connectivity index (χ2v) is 13.1. The first kappa shape index (κ1) is 23.5. The third-order valence-electron chi connectivity index (χ3n) is 11.7. The highest BCUT2D eigenvalue weighted by Crippen LogP contribution is 2.70. The molecule has 5 fully saturated rings. The van der Waals surface area contributed by atoms with Crippen LogP contribution in [0.4, 0.5) is 0 Å². The van der Waals surface area contributed by atoms with Crippen LogP contribution in [0.2, 0.25) is 0 Å². The lowest BCUT2D eigenvalue weighted by atomic mass is 9.43. The summed E-state index contributed by atoms with van der Waals surface area (Å²) in [6.45, 7) is 9.01. The van der Waals surface area contributed by atoms with Crippen LogP contribution in [0, 0.1) is 52.3 Å². The maximum Gasteiger partial charge on any atom is 0.168 e. The molecule has 0 aromatic rings. The first-order valence-electron chi connectivity index (χ1n) is 13.4. The van der Waals surface area contributed by atoms with E-state index >= 15 is 0 Å². The molecule has 5 rings (SSSR count). The molecule has 0 spiro atoms. The lowest BCUT2D eigenvalue weighted by Crippen LogP contribution is -2.59. The van der Waals surface area contributed by atoms with E-state index in [2.05, 4.69) is 20.8 Å². The summed E-state index contributed by atoms with van der Waals surface area (Å²) in [6, 6.07) is 0. The largest absolute Gasteiger partial charge is 0.396 e. The van der Waals surface area contributed by atoms with Crippen LogP contribution in [0.1, 0.15) is 85.5 Å². The van der Waals surface area contributed by atoms with Crippen molar-refractivity contribution < 1.29 is 25.2 Å². The first-order valence-corrected chi connectivity index (χ1v) is 13.4. The van der Waals surface area contributed by atoms with Gasteiger partial charge in [0.2, 0.25) is 0 Å². The normalized spacial score (nSPS) is 57.9. The summed E-state index contributed by atoms with van der Waals surface area (Å²) in [5.74, 6) is 1.34. The van der Waals surface area contributed by atoms with E-state index in [4.69, 9.17) is 4.74 Å². The SMILES string of the molecule is C[C@@H](CO)CCC1(O)O[C@H]2C[C@H]3[C@@H]4CC[C@H]5C[C@@H](O)CC[C@]5(C)[C@H]4C[C@@H](O)[C@]3(C)[C@H]2[C@@H]1C. The zero-order chi connectivity index (χ0) is 23.1. The summed E-state index contributed by atoms with van der Waals surface area (Å²) in [5.41, 5.74) is 0.0193. The van der Waals surface area contributed by atoms with Crippen LogP contribution < -0.4 is 0 Å². The van der Waals surface area contributed by atoms with Gasteiger partial charge < -0.3 is 25.2 Å². The molecule has 5 nitrogen and oxygen atoms in total. The topological polar surface area (TPSA) is 90.2 Å². The van der Waals surface area contributed by atoms with Crippen molar-refractivity contribution in [1.82, 2.24) is 0 Å². The van der Waals surface area contributed by atoms with Gasteiger partial charge in [0.05, 0.1) is 18.3 Å². The Morgan fingerprint density at radius 1 is 1.03 bits per heavy atom. The maximum atomic E-state index is 11.7. The average Bonchev–Trinajstić information content (AvgIpc) is 3.19. The van der Waals surface area contributed by atoms with E-state index in [0.717, 1.165) is 38.5 Å². The quantitative estimate of drug-likeness (QED) is 0.524. The Bertz CT molecular complexity index is 714. The van der Waals surface area contributed by atoms with Crippen LogP contribution >= 0.6 is 0 Å². The molecule has 5 heteroatoms. The van der Waals surface area contributed by atoms with Gasteiger partial charge in [0.1, 0.15) is 0 Å². The molecule has 32 heavy (non-hydrogen) atoms. The first-order chi connectivity index (χ1) is 15.0. The molecule has 13 atom stereocenters. The minimum Gasteiger partial charge on any atom is -0.396 e. The van der Waals surface area contributed by atoms with Gasteiger partial charge in [-0.1, -0.05) is 27.7 Å². The van der Waals surface area contributed by atoms with Crippen LogP contribution in [-0.2, 0) is 4.74 Å². The molecule has 4 N–H and O–H groups in total. The summed E-state index contributed by atoms with van der Waals surface area (Å²) in [6.07, 6.45) is 7.93. The molecule has 1 heterocycles. The van der Waals surface area contributed by atoms with Gasteiger partial charge in [0.25, 0.3) is 0 Å². The van der Waals surface area contributed by atoms with E-state index in [1.165, 1.54) is 12.8 Å². The second kappa shape index (κ2) is 7.91. The lowest BCUT2D eigenvalue weighted by Gasteiger charge is -2.62. The summed E-state index contributed by atoms with van der Waals surface area (Å²) < 4.78 is 6.44. The Hall–Kier alpha value is -0.200.